The fraction of sp³-hybridized carbons (Fsp3) is 0.846. The maximum Gasteiger partial charge on any atom is 0.226 e. The number of hydrogen-bond donors (Lipinski definition) is 1. The molecule has 98 valence electrons. The van der Waals surface area contributed by atoms with E-state index in [0.717, 1.165) is 45.1 Å². The monoisotopic (exact) mass is 256 g/mol. The molecule has 1 rings (SSSR count). The molecule has 1 amide bonds. The van der Waals surface area contributed by atoms with Crippen LogP contribution in [0.4, 0.5) is 0 Å². The number of nitrogens with zero attached hydrogens (tertiary/aromatic N) is 1. The van der Waals surface area contributed by atoms with E-state index in [1.54, 1.807) is 0 Å². The van der Waals surface area contributed by atoms with Gasteiger partial charge in [0.05, 0.1) is 11.0 Å². The zero-order valence-corrected chi connectivity index (χ0v) is 11.8. The molecular weight excluding hydrogens is 232 g/mol. The number of amides is 1. The smallest absolute Gasteiger partial charge is 0.226 e. The van der Waals surface area contributed by atoms with Crippen LogP contribution in [0, 0.1) is 5.92 Å². The van der Waals surface area contributed by atoms with Gasteiger partial charge in [-0.25, -0.2) is 0 Å². The van der Waals surface area contributed by atoms with Gasteiger partial charge in [0.1, 0.15) is 0 Å². The van der Waals surface area contributed by atoms with Crippen molar-refractivity contribution in [3.63, 3.8) is 0 Å². The molecule has 1 unspecified atom stereocenters. The van der Waals surface area contributed by atoms with E-state index >= 15 is 0 Å². The Kier molecular flexibility index (Phi) is 5.89. The van der Waals surface area contributed by atoms with Crippen LogP contribution in [0.5, 0.6) is 0 Å². The van der Waals surface area contributed by atoms with Gasteiger partial charge in [0.25, 0.3) is 0 Å². The summed E-state index contributed by atoms with van der Waals surface area (Å²) in [5, 5.41) is 0. The molecule has 2 N–H and O–H groups in total. The van der Waals surface area contributed by atoms with Crippen molar-refractivity contribution in [1.82, 2.24) is 4.90 Å². The Balaban J connectivity index is 2.68. The molecule has 0 radical (unpaired) electrons. The minimum Gasteiger partial charge on any atom is -0.392 e. The lowest BCUT2D eigenvalue weighted by Crippen LogP contribution is -2.45. The quantitative estimate of drug-likeness (QED) is 0.743. The second kappa shape index (κ2) is 6.94. The first kappa shape index (κ1) is 14.4. The lowest BCUT2D eigenvalue weighted by molar-refractivity contribution is -0.135. The van der Waals surface area contributed by atoms with Crippen LogP contribution in [0.3, 0.4) is 0 Å². The van der Waals surface area contributed by atoms with E-state index in [-0.39, 0.29) is 17.9 Å². The van der Waals surface area contributed by atoms with Crippen LogP contribution in [0.25, 0.3) is 0 Å². The van der Waals surface area contributed by atoms with E-state index in [0.29, 0.717) is 4.99 Å². The SMILES string of the molecule is CCCC(CCC)C(=O)N1CCCC1C(N)=S. The van der Waals surface area contributed by atoms with Gasteiger partial charge in [-0.05, 0) is 25.7 Å². The van der Waals surface area contributed by atoms with Crippen LogP contribution >= 0.6 is 12.2 Å². The molecule has 0 aromatic heterocycles. The molecule has 1 saturated heterocycles. The van der Waals surface area contributed by atoms with E-state index in [1.807, 2.05) is 4.90 Å². The topological polar surface area (TPSA) is 46.3 Å². The lowest BCUT2D eigenvalue weighted by atomic mass is 9.96. The molecule has 0 aromatic rings. The van der Waals surface area contributed by atoms with Gasteiger partial charge in [-0.1, -0.05) is 38.9 Å². The number of hydrogen-bond acceptors (Lipinski definition) is 2. The highest BCUT2D eigenvalue weighted by Crippen LogP contribution is 2.24. The second-order valence-electron chi connectivity index (χ2n) is 4.87. The number of carbonyl (C=O) groups excluding carboxylic acids is 1. The number of rotatable bonds is 6. The molecule has 0 aromatic carbocycles. The summed E-state index contributed by atoms with van der Waals surface area (Å²) in [7, 11) is 0. The number of nitrogens with two attached hydrogens (primary N) is 1. The Bertz CT molecular complexity index is 275. The zero-order valence-electron chi connectivity index (χ0n) is 10.9. The summed E-state index contributed by atoms with van der Waals surface area (Å²) in [6.07, 6.45) is 6.04. The van der Waals surface area contributed by atoms with Crippen molar-refractivity contribution >= 4 is 23.1 Å². The third kappa shape index (κ3) is 3.66. The first-order valence-corrected chi connectivity index (χ1v) is 7.12. The van der Waals surface area contributed by atoms with Crippen LogP contribution in [-0.2, 0) is 4.79 Å². The van der Waals surface area contributed by atoms with Crippen LogP contribution in [0.15, 0.2) is 0 Å². The Labute approximate surface area is 110 Å². The molecule has 0 bridgehead atoms. The molecule has 17 heavy (non-hydrogen) atoms. The predicted octanol–water partition coefficient (Wildman–Crippen LogP) is 2.48. The summed E-state index contributed by atoms with van der Waals surface area (Å²) in [5.41, 5.74) is 5.71. The summed E-state index contributed by atoms with van der Waals surface area (Å²) >= 11 is 5.05. The van der Waals surface area contributed by atoms with Crippen molar-refractivity contribution in [3.05, 3.63) is 0 Å². The molecule has 3 nitrogen and oxygen atoms in total. The minimum absolute atomic E-state index is 0.00807. The van der Waals surface area contributed by atoms with Gasteiger partial charge in [0.15, 0.2) is 0 Å². The summed E-state index contributed by atoms with van der Waals surface area (Å²) in [6, 6.07) is 0.00807. The molecule has 0 aliphatic carbocycles. The van der Waals surface area contributed by atoms with Crippen molar-refractivity contribution in [2.24, 2.45) is 11.7 Å². The van der Waals surface area contributed by atoms with E-state index in [9.17, 15) is 4.79 Å². The standard InChI is InChI=1S/C13H24N2OS/c1-3-6-10(7-4-2)13(16)15-9-5-8-11(15)12(14)17/h10-11H,3-9H2,1-2H3,(H2,14,17). The molecule has 1 aliphatic heterocycles. The van der Waals surface area contributed by atoms with E-state index in [4.69, 9.17) is 18.0 Å². The summed E-state index contributed by atoms with van der Waals surface area (Å²) < 4.78 is 0. The van der Waals surface area contributed by atoms with E-state index in [1.165, 1.54) is 0 Å². The van der Waals surface area contributed by atoms with Crippen molar-refractivity contribution in [1.29, 1.82) is 0 Å². The lowest BCUT2D eigenvalue weighted by Gasteiger charge is -2.28. The van der Waals surface area contributed by atoms with Gasteiger partial charge in [0, 0.05) is 12.5 Å². The average Bonchev–Trinajstić information content (AvgIpc) is 2.76. The van der Waals surface area contributed by atoms with Crippen LogP contribution in [0.1, 0.15) is 52.4 Å². The van der Waals surface area contributed by atoms with Crippen molar-refractivity contribution in [2.45, 2.75) is 58.4 Å². The van der Waals surface area contributed by atoms with Crippen LogP contribution in [-0.4, -0.2) is 28.4 Å². The molecule has 0 saturated carbocycles. The fourth-order valence-electron chi connectivity index (χ4n) is 2.65. The molecule has 4 heteroatoms. The van der Waals surface area contributed by atoms with Crippen molar-refractivity contribution in [2.75, 3.05) is 6.54 Å². The van der Waals surface area contributed by atoms with Crippen molar-refractivity contribution < 1.29 is 4.79 Å². The summed E-state index contributed by atoms with van der Waals surface area (Å²) in [5.74, 6) is 0.434. The third-order valence-corrected chi connectivity index (χ3v) is 3.76. The Morgan fingerprint density at radius 1 is 1.41 bits per heavy atom. The van der Waals surface area contributed by atoms with E-state index in [2.05, 4.69) is 13.8 Å². The zero-order chi connectivity index (χ0) is 12.8. The van der Waals surface area contributed by atoms with Gasteiger partial charge in [0.2, 0.25) is 5.91 Å². The molecule has 1 atom stereocenters. The first-order chi connectivity index (χ1) is 8.11. The van der Waals surface area contributed by atoms with Gasteiger partial charge >= 0.3 is 0 Å². The molecule has 1 fully saturated rings. The van der Waals surface area contributed by atoms with Crippen molar-refractivity contribution in [3.8, 4) is 0 Å². The van der Waals surface area contributed by atoms with Crippen LogP contribution in [0.2, 0.25) is 0 Å². The summed E-state index contributed by atoms with van der Waals surface area (Å²) in [6.45, 7) is 5.08. The molecule has 1 heterocycles. The maximum atomic E-state index is 12.5. The Morgan fingerprint density at radius 2 is 2.00 bits per heavy atom. The van der Waals surface area contributed by atoms with E-state index < -0.39 is 0 Å². The minimum atomic E-state index is 0.00807. The second-order valence-corrected chi connectivity index (χ2v) is 5.34. The van der Waals surface area contributed by atoms with Crippen LogP contribution < -0.4 is 5.73 Å². The average molecular weight is 256 g/mol. The Hall–Kier alpha value is -0.640. The molecular formula is C13H24N2OS. The highest BCUT2D eigenvalue weighted by atomic mass is 32.1. The summed E-state index contributed by atoms with van der Waals surface area (Å²) in [4.78, 5) is 14.8. The number of likely N-dealkylation sites (tertiary alicyclic amines) is 1. The first-order valence-electron chi connectivity index (χ1n) is 6.71. The highest BCUT2D eigenvalue weighted by Gasteiger charge is 2.33. The highest BCUT2D eigenvalue weighted by molar-refractivity contribution is 7.80. The maximum absolute atomic E-state index is 12.5. The fourth-order valence-corrected chi connectivity index (χ4v) is 2.89. The van der Waals surface area contributed by atoms with Gasteiger partial charge in [-0.15, -0.1) is 0 Å². The Morgan fingerprint density at radius 3 is 2.47 bits per heavy atom. The predicted molar refractivity (Wildman–Crippen MR) is 74.8 cm³/mol. The number of thiocarbonyl (C=S) groups is 1. The molecule has 1 aliphatic rings. The largest absolute Gasteiger partial charge is 0.392 e. The molecule has 0 spiro atoms. The normalized spacial score (nSPS) is 19.9. The van der Waals surface area contributed by atoms with Gasteiger partial charge in [-0.2, -0.15) is 0 Å². The van der Waals surface area contributed by atoms with Gasteiger partial charge < -0.3 is 10.6 Å². The number of carbonyl (C=O) groups is 1. The van der Waals surface area contributed by atoms with Gasteiger partial charge in [-0.3, -0.25) is 4.79 Å². The third-order valence-electron chi connectivity index (χ3n) is 3.49.